The van der Waals surface area contributed by atoms with Gasteiger partial charge in [0.1, 0.15) is 6.61 Å². The summed E-state index contributed by atoms with van der Waals surface area (Å²) in [4.78, 5) is 30.7. The van der Waals surface area contributed by atoms with Crippen LogP contribution in [0.25, 0.3) is 0 Å². The highest BCUT2D eigenvalue weighted by Crippen LogP contribution is 2.36. The second-order valence-electron chi connectivity index (χ2n) is 9.19. The Bertz CT molecular complexity index is 820. The number of fused-ring (bicyclic) bond motifs is 1. The first kappa shape index (κ1) is 19.2. The van der Waals surface area contributed by atoms with E-state index in [4.69, 9.17) is 16.3 Å². The zero-order valence-electron chi connectivity index (χ0n) is 16.8. The van der Waals surface area contributed by atoms with Gasteiger partial charge in [-0.3, -0.25) is 4.79 Å². The van der Waals surface area contributed by atoms with Crippen LogP contribution in [0.1, 0.15) is 31.2 Å². The third-order valence-electron chi connectivity index (χ3n) is 6.88. The molecule has 0 saturated carbocycles. The molecule has 2 amide bonds. The molecule has 2 atom stereocenters. The summed E-state index contributed by atoms with van der Waals surface area (Å²) < 4.78 is 5.64. The molecule has 0 radical (unpaired) electrons. The summed E-state index contributed by atoms with van der Waals surface area (Å²) >= 11 is 6.54. The van der Waals surface area contributed by atoms with Gasteiger partial charge in [0.2, 0.25) is 0 Å². The molecule has 0 aromatic heterocycles. The summed E-state index contributed by atoms with van der Waals surface area (Å²) in [6.45, 7) is 7.43. The fourth-order valence-corrected chi connectivity index (χ4v) is 5.43. The number of anilines is 1. The molecular formula is C22H28ClN3O3. The molecule has 7 heteroatoms. The molecule has 29 heavy (non-hydrogen) atoms. The Kier molecular flexibility index (Phi) is 4.95. The van der Waals surface area contributed by atoms with Crippen molar-refractivity contribution in [1.29, 1.82) is 0 Å². The van der Waals surface area contributed by atoms with Crippen LogP contribution in [0.3, 0.4) is 0 Å². The van der Waals surface area contributed by atoms with E-state index in [-0.39, 0.29) is 30.4 Å². The van der Waals surface area contributed by atoms with Gasteiger partial charge < -0.3 is 19.4 Å². The van der Waals surface area contributed by atoms with Crippen molar-refractivity contribution in [3.63, 3.8) is 0 Å². The number of carbonyl (C=O) groups excluding carboxylic acids is 2. The first-order valence-electron chi connectivity index (χ1n) is 10.7. The maximum atomic E-state index is 12.9. The Hall–Kier alpha value is -1.79. The molecule has 1 aromatic rings. The molecule has 4 aliphatic rings. The van der Waals surface area contributed by atoms with Crippen LogP contribution in [0.4, 0.5) is 10.5 Å². The summed E-state index contributed by atoms with van der Waals surface area (Å²) in [7, 11) is 0. The summed E-state index contributed by atoms with van der Waals surface area (Å²) in [5.74, 6) is 1.39. The third-order valence-corrected chi connectivity index (χ3v) is 7.19. The fourth-order valence-electron chi connectivity index (χ4n) is 5.13. The third kappa shape index (κ3) is 3.61. The Morgan fingerprint density at radius 2 is 1.93 bits per heavy atom. The van der Waals surface area contributed by atoms with Crippen LogP contribution in [-0.4, -0.2) is 73.6 Å². The van der Waals surface area contributed by atoms with E-state index in [2.05, 4.69) is 30.0 Å². The van der Waals surface area contributed by atoms with E-state index in [9.17, 15) is 9.59 Å². The minimum Gasteiger partial charge on any atom is -0.370 e. The zero-order valence-corrected chi connectivity index (χ0v) is 17.6. The van der Waals surface area contributed by atoms with E-state index in [1.54, 1.807) is 0 Å². The molecule has 4 fully saturated rings. The number of urea groups is 1. The monoisotopic (exact) mass is 417 g/mol. The zero-order chi connectivity index (χ0) is 20.1. The van der Waals surface area contributed by atoms with Crippen LogP contribution in [0.5, 0.6) is 0 Å². The van der Waals surface area contributed by atoms with Gasteiger partial charge in [-0.2, -0.15) is 0 Å². The van der Waals surface area contributed by atoms with Gasteiger partial charge in [0.15, 0.2) is 5.78 Å². The SMILES string of the molecule is CC1CN(c2ccc(C3CN(C(=O)N4CC[C@@H]5OCC(=O)C[C@@H]5C4)C3)cc2Cl)C1. The van der Waals surface area contributed by atoms with Crippen molar-refractivity contribution in [1.82, 2.24) is 9.80 Å². The molecule has 4 saturated heterocycles. The predicted octanol–water partition coefficient (Wildman–Crippen LogP) is 3.00. The highest BCUT2D eigenvalue weighted by Gasteiger charge is 2.40. The van der Waals surface area contributed by atoms with E-state index < -0.39 is 0 Å². The quantitative estimate of drug-likeness (QED) is 0.742. The van der Waals surface area contributed by atoms with Crippen molar-refractivity contribution >= 4 is 29.1 Å². The topological polar surface area (TPSA) is 53.1 Å². The lowest BCUT2D eigenvalue weighted by Crippen LogP contribution is -2.58. The van der Waals surface area contributed by atoms with Gasteiger partial charge in [-0.15, -0.1) is 0 Å². The fraction of sp³-hybridized carbons (Fsp3) is 0.636. The second kappa shape index (κ2) is 7.47. The van der Waals surface area contributed by atoms with Gasteiger partial charge in [-0.25, -0.2) is 4.79 Å². The second-order valence-corrected chi connectivity index (χ2v) is 9.60. The van der Waals surface area contributed by atoms with Crippen molar-refractivity contribution in [2.75, 3.05) is 50.8 Å². The number of amides is 2. The number of piperidine rings is 1. The Labute approximate surface area is 176 Å². The lowest BCUT2D eigenvalue weighted by atomic mass is 9.87. The number of likely N-dealkylation sites (tertiary alicyclic amines) is 2. The smallest absolute Gasteiger partial charge is 0.320 e. The average molecular weight is 418 g/mol. The minimum absolute atomic E-state index is 0.0926. The van der Waals surface area contributed by atoms with Gasteiger partial charge in [0.05, 0.1) is 16.8 Å². The van der Waals surface area contributed by atoms with Crippen LogP contribution in [0, 0.1) is 11.8 Å². The summed E-state index contributed by atoms with van der Waals surface area (Å²) in [5, 5.41) is 0.809. The van der Waals surface area contributed by atoms with E-state index in [0.29, 0.717) is 25.4 Å². The average Bonchev–Trinajstić information content (AvgIpc) is 2.64. The molecule has 6 nitrogen and oxygen atoms in total. The molecule has 1 aromatic carbocycles. The summed E-state index contributed by atoms with van der Waals surface area (Å²) in [6.07, 6.45) is 1.50. The number of hydrogen-bond acceptors (Lipinski definition) is 4. The number of ketones is 1. The molecule has 0 unspecified atom stereocenters. The number of nitrogens with zero attached hydrogens (tertiary/aromatic N) is 3. The van der Waals surface area contributed by atoms with Crippen LogP contribution in [0.2, 0.25) is 5.02 Å². The predicted molar refractivity (Wildman–Crippen MR) is 112 cm³/mol. The largest absolute Gasteiger partial charge is 0.370 e. The Morgan fingerprint density at radius 1 is 1.14 bits per heavy atom. The first-order valence-corrected chi connectivity index (χ1v) is 11.1. The van der Waals surface area contributed by atoms with Crippen molar-refractivity contribution in [2.45, 2.75) is 31.8 Å². The highest BCUT2D eigenvalue weighted by molar-refractivity contribution is 6.33. The van der Waals surface area contributed by atoms with Gasteiger partial charge in [0, 0.05) is 57.5 Å². The number of Topliss-reactive ketones (excluding diaryl/α,β-unsaturated/α-hetero) is 1. The number of rotatable bonds is 2. The van der Waals surface area contributed by atoms with Crippen molar-refractivity contribution in [3.8, 4) is 0 Å². The normalized spacial score (nSPS) is 28.1. The Balaban J connectivity index is 1.16. The number of halogens is 1. The molecule has 0 N–H and O–H groups in total. The lowest BCUT2D eigenvalue weighted by Gasteiger charge is -2.46. The van der Waals surface area contributed by atoms with E-state index in [1.807, 2.05) is 9.80 Å². The van der Waals surface area contributed by atoms with E-state index in [1.165, 1.54) is 5.56 Å². The van der Waals surface area contributed by atoms with E-state index >= 15 is 0 Å². The molecule has 4 heterocycles. The van der Waals surface area contributed by atoms with Crippen molar-refractivity contribution in [3.05, 3.63) is 28.8 Å². The summed E-state index contributed by atoms with van der Waals surface area (Å²) in [6, 6.07) is 6.45. The Morgan fingerprint density at radius 3 is 2.66 bits per heavy atom. The lowest BCUT2D eigenvalue weighted by molar-refractivity contribution is -0.140. The molecular weight excluding hydrogens is 390 g/mol. The summed E-state index contributed by atoms with van der Waals surface area (Å²) in [5.41, 5.74) is 2.33. The number of ether oxygens (including phenoxy) is 1. The molecule has 4 aliphatic heterocycles. The van der Waals surface area contributed by atoms with Crippen molar-refractivity contribution < 1.29 is 14.3 Å². The first-order chi connectivity index (χ1) is 14.0. The van der Waals surface area contributed by atoms with Crippen LogP contribution in [0.15, 0.2) is 18.2 Å². The maximum absolute atomic E-state index is 12.9. The van der Waals surface area contributed by atoms with Crippen molar-refractivity contribution in [2.24, 2.45) is 11.8 Å². The van der Waals surface area contributed by atoms with Crippen LogP contribution < -0.4 is 4.90 Å². The van der Waals surface area contributed by atoms with Gasteiger partial charge >= 0.3 is 6.03 Å². The van der Waals surface area contributed by atoms with Gasteiger partial charge in [-0.1, -0.05) is 24.6 Å². The van der Waals surface area contributed by atoms with E-state index in [0.717, 1.165) is 49.2 Å². The van der Waals surface area contributed by atoms with Crippen LogP contribution in [-0.2, 0) is 9.53 Å². The molecule has 5 rings (SSSR count). The number of hydrogen-bond donors (Lipinski definition) is 0. The standard InChI is InChI=1S/C22H28ClN3O3/c1-14-8-25(9-14)20-3-2-15(7-19(20)23)17-11-26(12-17)22(28)24-5-4-21-16(10-24)6-18(27)13-29-21/h2-3,7,14,16-17,21H,4-6,8-13H2,1H3/t16-,21+/m1/s1. The number of benzene rings is 1. The van der Waals surface area contributed by atoms with Gasteiger partial charge in [-0.05, 0) is 30.0 Å². The molecule has 156 valence electrons. The minimum atomic E-state index is 0.0926. The van der Waals surface area contributed by atoms with Gasteiger partial charge in [0.25, 0.3) is 0 Å². The van der Waals surface area contributed by atoms with Crippen LogP contribution >= 0.6 is 11.6 Å². The molecule has 0 spiro atoms. The number of carbonyl (C=O) groups is 2. The molecule has 0 bridgehead atoms. The molecule has 0 aliphatic carbocycles. The maximum Gasteiger partial charge on any atom is 0.320 e. The highest BCUT2D eigenvalue weighted by atomic mass is 35.5.